The van der Waals surface area contributed by atoms with E-state index in [4.69, 9.17) is 4.74 Å². The van der Waals surface area contributed by atoms with Crippen molar-refractivity contribution in [1.29, 1.82) is 0 Å². The molecule has 0 heterocycles. The van der Waals surface area contributed by atoms with Gasteiger partial charge < -0.3 is 4.74 Å². The molecule has 1 atom stereocenters. The van der Waals surface area contributed by atoms with Gasteiger partial charge in [-0.25, -0.2) is 13.2 Å². The molecular weight excluding hydrogens is 364 g/mol. The third kappa shape index (κ3) is 5.04. The van der Waals surface area contributed by atoms with Gasteiger partial charge in [-0.1, -0.05) is 57.2 Å². The van der Waals surface area contributed by atoms with Crippen molar-refractivity contribution in [2.75, 3.05) is 6.26 Å². The zero-order valence-electron chi connectivity index (χ0n) is 16.1. The first-order valence-corrected chi connectivity index (χ1v) is 10.4. The Morgan fingerprint density at radius 2 is 1.52 bits per heavy atom. The second-order valence-electron chi connectivity index (χ2n) is 7.51. The van der Waals surface area contributed by atoms with Gasteiger partial charge in [0.1, 0.15) is 0 Å². The van der Waals surface area contributed by atoms with Crippen LogP contribution in [0.25, 0.3) is 0 Å². The molecule has 0 saturated heterocycles. The Hall–Kier alpha value is -2.47. The number of carbonyl (C=O) groups is 2. The van der Waals surface area contributed by atoms with Gasteiger partial charge in [-0.15, -0.1) is 0 Å². The van der Waals surface area contributed by atoms with Crippen LogP contribution in [0.1, 0.15) is 54.0 Å². The van der Waals surface area contributed by atoms with E-state index in [2.05, 4.69) is 20.8 Å². The van der Waals surface area contributed by atoms with Crippen molar-refractivity contribution in [1.82, 2.24) is 0 Å². The predicted molar refractivity (Wildman–Crippen MR) is 104 cm³/mol. The lowest BCUT2D eigenvalue weighted by atomic mass is 9.86. The first-order chi connectivity index (χ1) is 12.4. The lowest BCUT2D eigenvalue weighted by Gasteiger charge is -2.19. The van der Waals surface area contributed by atoms with Crippen LogP contribution < -0.4 is 0 Å². The van der Waals surface area contributed by atoms with Crippen molar-refractivity contribution in [2.45, 2.75) is 44.1 Å². The number of hydrogen-bond acceptors (Lipinski definition) is 5. The molecule has 0 spiro atoms. The summed E-state index contributed by atoms with van der Waals surface area (Å²) in [7, 11) is -3.59. The zero-order valence-corrected chi connectivity index (χ0v) is 17.0. The van der Waals surface area contributed by atoms with Gasteiger partial charge in [0.2, 0.25) is 5.78 Å². The van der Waals surface area contributed by atoms with E-state index < -0.39 is 21.9 Å². The minimum absolute atomic E-state index is 0.0327. The summed E-state index contributed by atoms with van der Waals surface area (Å²) in [6.07, 6.45) is -0.0182. The molecule has 5 nitrogen and oxygen atoms in total. The largest absolute Gasteiger partial charge is 0.451 e. The molecular formula is C21H24O5S. The minimum atomic E-state index is -3.59. The van der Waals surface area contributed by atoms with Crippen LogP contribution in [-0.2, 0) is 20.0 Å². The lowest BCUT2D eigenvalue weighted by Crippen LogP contribution is -2.25. The summed E-state index contributed by atoms with van der Waals surface area (Å²) in [5.41, 5.74) is 1.41. The molecule has 2 aromatic carbocycles. The van der Waals surface area contributed by atoms with Crippen molar-refractivity contribution in [3.63, 3.8) is 0 Å². The van der Waals surface area contributed by atoms with Crippen LogP contribution in [0, 0.1) is 0 Å². The molecule has 144 valence electrons. The number of carbonyl (C=O) groups excluding carboxylic acids is 2. The number of sulfone groups is 1. The summed E-state index contributed by atoms with van der Waals surface area (Å²) in [4.78, 5) is 24.8. The van der Waals surface area contributed by atoms with Gasteiger partial charge in [-0.2, -0.15) is 0 Å². The van der Waals surface area contributed by atoms with E-state index in [9.17, 15) is 18.0 Å². The van der Waals surface area contributed by atoms with Crippen LogP contribution in [0.4, 0.5) is 0 Å². The second-order valence-corrected chi connectivity index (χ2v) is 9.49. The second kappa shape index (κ2) is 7.64. The summed E-state index contributed by atoms with van der Waals surface area (Å²) in [6.45, 7) is 7.70. The maximum Gasteiger partial charge on any atom is 0.340 e. The molecule has 0 radical (unpaired) electrons. The molecule has 0 saturated carbocycles. The first kappa shape index (κ1) is 20.8. The van der Waals surface area contributed by atoms with E-state index in [-0.39, 0.29) is 21.7 Å². The van der Waals surface area contributed by atoms with E-state index >= 15 is 0 Å². The molecule has 0 aliphatic rings. The van der Waals surface area contributed by atoms with Crippen molar-refractivity contribution in [2.24, 2.45) is 0 Å². The van der Waals surface area contributed by atoms with E-state index in [0.29, 0.717) is 5.56 Å². The van der Waals surface area contributed by atoms with Crippen LogP contribution >= 0.6 is 0 Å². The number of benzene rings is 2. The van der Waals surface area contributed by atoms with Crippen LogP contribution in [0.3, 0.4) is 0 Å². The molecule has 2 rings (SSSR count). The Morgan fingerprint density at radius 3 is 2.04 bits per heavy atom. The molecule has 0 amide bonds. The highest BCUT2D eigenvalue weighted by atomic mass is 32.2. The fourth-order valence-electron chi connectivity index (χ4n) is 2.61. The number of rotatable bonds is 5. The SMILES string of the molecule is C[C@H](OC(=O)c1ccccc1S(C)(=O)=O)C(=O)c1ccc(C(C)(C)C)cc1. The third-order valence-electron chi connectivity index (χ3n) is 4.19. The Balaban J connectivity index is 2.19. The highest BCUT2D eigenvalue weighted by Gasteiger charge is 2.24. The number of ether oxygens (including phenoxy) is 1. The molecule has 0 aliphatic heterocycles. The summed E-state index contributed by atoms with van der Waals surface area (Å²) in [5, 5.41) is 0. The van der Waals surface area contributed by atoms with Crippen LogP contribution in [0.5, 0.6) is 0 Å². The molecule has 0 aromatic heterocycles. The summed E-state index contributed by atoms with van der Waals surface area (Å²) >= 11 is 0. The Labute approximate surface area is 160 Å². The standard InChI is InChI=1S/C21H24O5S/c1-14(19(22)15-10-12-16(13-11-15)21(2,3)4)26-20(23)17-8-6-7-9-18(17)27(5,24)25/h6-14H,1-5H3/t14-/m0/s1. The number of esters is 1. The molecule has 2 aromatic rings. The molecule has 0 aliphatic carbocycles. The van der Waals surface area contributed by atoms with Gasteiger partial charge in [0, 0.05) is 11.8 Å². The molecule has 0 N–H and O–H groups in total. The molecule has 0 unspecified atom stereocenters. The summed E-state index contributed by atoms with van der Waals surface area (Å²) in [6, 6.07) is 12.9. The smallest absolute Gasteiger partial charge is 0.340 e. The summed E-state index contributed by atoms with van der Waals surface area (Å²) < 4.78 is 28.9. The lowest BCUT2D eigenvalue weighted by molar-refractivity contribution is 0.0315. The van der Waals surface area contributed by atoms with E-state index in [1.54, 1.807) is 18.2 Å². The van der Waals surface area contributed by atoms with Crippen LogP contribution in [-0.4, -0.2) is 32.5 Å². The maximum absolute atomic E-state index is 12.6. The van der Waals surface area contributed by atoms with Gasteiger partial charge in [0.25, 0.3) is 0 Å². The van der Waals surface area contributed by atoms with Crippen molar-refractivity contribution in [3.05, 3.63) is 65.2 Å². The average Bonchev–Trinajstić information content (AvgIpc) is 2.59. The van der Waals surface area contributed by atoms with Gasteiger partial charge in [0.15, 0.2) is 15.9 Å². The van der Waals surface area contributed by atoms with Crippen LogP contribution in [0.2, 0.25) is 0 Å². The monoisotopic (exact) mass is 388 g/mol. The number of ketones is 1. The fourth-order valence-corrected chi connectivity index (χ4v) is 3.48. The highest BCUT2D eigenvalue weighted by molar-refractivity contribution is 7.90. The topological polar surface area (TPSA) is 77.5 Å². The molecule has 27 heavy (non-hydrogen) atoms. The van der Waals surface area contributed by atoms with Crippen molar-refractivity contribution < 1.29 is 22.7 Å². The molecule has 6 heteroatoms. The van der Waals surface area contributed by atoms with Gasteiger partial charge in [-0.05, 0) is 30.0 Å². The minimum Gasteiger partial charge on any atom is -0.451 e. The van der Waals surface area contributed by atoms with Gasteiger partial charge in [-0.3, -0.25) is 4.79 Å². The number of Topliss-reactive ketones (excluding diaryl/α,β-unsaturated/α-hetero) is 1. The van der Waals surface area contributed by atoms with E-state index in [1.807, 2.05) is 12.1 Å². The third-order valence-corrected chi connectivity index (χ3v) is 5.35. The average molecular weight is 388 g/mol. The normalized spacial score (nSPS) is 13.1. The Kier molecular flexibility index (Phi) is 5.90. The van der Waals surface area contributed by atoms with E-state index in [0.717, 1.165) is 11.8 Å². The number of hydrogen-bond donors (Lipinski definition) is 0. The first-order valence-electron chi connectivity index (χ1n) is 8.56. The zero-order chi connectivity index (χ0) is 20.4. The Morgan fingerprint density at radius 1 is 0.963 bits per heavy atom. The highest BCUT2D eigenvalue weighted by Crippen LogP contribution is 2.23. The fraction of sp³-hybridized carbons (Fsp3) is 0.333. The molecule has 0 bridgehead atoms. The quantitative estimate of drug-likeness (QED) is 0.575. The van der Waals surface area contributed by atoms with E-state index in [1.165, 1.54) is 25.1 Å². The maximum atomic E-state index is 12.6. The summed E-state index contributed by atoms with van der Waals surface area (Å²) in [5.74, 6) is -1.19. The van der Waals surface area contributed by atoms with Crippen LogP contribution in [0.15, 0.2) is 53.4 Å². The van der Waals surface area contributed by atoms with Crippen molar-refractivity contribution in [3.8, 4) is 0 Å². The van der Waals surface area contributed by atoms with Gasteiger partial charge >= 0.3 is 5.97 Å². The Bertz CT molecular complexity index is 951. The molecule has 0 fully saturated rings. The van der Waals surface area contributed by atoms with Crippen molar-refractivity contribution >= 4 is 21.6 Å². The van der Waals surface area contributed by atoms with Gasteiger partial charge in [0.05, 0.1) is 10.5 Å². The predicted octanol–water partition coefficient (Wildman–Crippen LogP) is 3.82.